The summed E-state index contributed by atoms with van der Waals surface area (Å²) in [6.45, 7) is 18.0. The molecule has 0 atom stereocenters. The first-order valence-corrected chi connectivity index (χ1v) is 24.7. The zero-order valence-corrected chi connectivity index (χ0v) is 35.1. The summed E-state index contributed by atoms with van der Waals surface area (Å²) in [6.07, 6.45) is 5.84. The molecule has 0 fully saturated rings. The summed E-state index contributed by atoms with van der Waals surface area (Å²) in [5.41, 5.74) is 17.7. The maximum atomic E-state index is 11.3. The number of benzene rings is 4. The minimum absolute atomic E-state index is 0. The standard InChI is InChI=1S/C21H27NO2.C21H29N.CH4.2ClH.Sn/c1-15(2)12-17-9-7-10-18(13-16(3)4)20(17)14-19-8-5-6-11-21(19)22(23)24;1-15(2)12-17-9-7-10-18(13-16(3)4)20(17)14-19-8-5-6-11-21(19)22;;;;/h5-11,15-16H,12-14H2,1-4H3;5-11,15-16H,12-14,22H2,1-4H3;1H4;2*1H;/q;;;;;+2/p-2. The molecule has 0 aliphatic carbocycles. The summed E-state index contributed by atoms with van der Waals surface area (Å²) < 4.78 is 0. The Balaban J connectivity index is 0.000000456. The first-order valence-electron chi connectivity index (χ1n) is 17.5. The molecule has 2 radical (unpaired) electrons. The number of nitro benzene ring substituents is 1. The van der Waals surface area contributed by atoms with E-state index in [-0.39, 0.29) is 18.0 Å². The van der Waals surface area contributed by atoms with Crippen molar-refractivity contribution in [3.8, 4) is 0 Å². The van der Waals surface area contributed by atoms with Gasteiger partial charge in [-0.05, 0) is 94.4 Å². The van der Waals surface area contributed by atoms with Gasteiger partial charge in [0.2, 0.25) is 0 Å². The van der Waals surface area contributed by atoms with Gasteiger partial charge in [-0.2, -0.15) is 0 Å². The van der Waals surface area contributed by atoms with Gasteiger partial charge in [0.1, 0.15) is 0 Å². The summed E-state index contributed by atoms with van der Waals surface area (Å²) >= 11 is -0.826. The second-order valence-electron chi connectivity index (χ2n) is 14.5. The van der Waals surface area contributed by atoms with Crippen LogP contribution in [0.4, 0.5) is 11.4 Å². The van der Waals surface area contributed by atoms with E-state index in [1.807, 2.05) is 24.3 Å². The van der Waals surface area contributed by atoms with Crippen LogP contribution in [0.25, 0.3) is 0 Å². The van der Waals surface area contributed by atoms with Gasteiger partial charge in [0.25, 0.3) is 5.69 Å². The van der Waals surface area contributed by atoms with Gasteiger partial charge in [-0.25, -0.2) is 0 Å². The third-order valence-corrected chi connectivity index (χ3v) is 8.23. The number of nitrogens with zero attached hydrogens (tertiary/aromatic N) is 1. The van der Waals surface area contributed by atoms with E-state index in [1.165, 1.54) is 38.9 Å². The Morgan fingerprint density at radius 3 is 1.20 bits per heavy atom. The molecule has 0 saturated heterocycles. The van der Waals surface area contributed by atoms with E-state index in [9.17, 15) is 10.1 Å². The zero-order chi connectivity index (χ0) is 36.5. The van der Waals surface area contributed by atoms with Crippen molar-refractivity contribution >= 4 is 48.1 Å². The van der Waals surface area contributed by atoms with E-state index < -0.39 is 18.9 Å². The van der Waals surface area contributed by atoms with E-state index >= 15 is 0 Å². The molecule has 0 aromatic heterocycles. The van der Waals surface area contributed by atoms with Gasteiger partial charge in [-0.3, -0.25) is 10.1 Å². The van der Waals surface area contributed by atoms with Crippen molar-refractivity contribution in [1.29, 1.82) is 0 Å². The first-order chi connectivity index (χ1) is 23.3. The number of para-hydroxylation sites is 2. The van der Waals surface area contributed by atoms with Gasteiger partial charge in [0, 0.05) is 30.2 Å². The van der Waals surface area contributed by atoms with Crippen LogP contribution < -0.4 is 5.73 Å². The van der Waals surface area contributed by atoms with Crippen LogP contribution >= 0.6 is 17.8 Å². The zero-order valence-electron chi connectivity index (χ0n) is 30.7. The third kappa shape index (κ3) is 15.8. The molecule has 272 valence electrons. The van der Waals surface area contributed by atoms with Crippen LogP contribution in [0.15, 0.2) is 84.9 Å². The van der Waals surface area contributed by atoms with Gasteiger partial charge in [0.15, 0.2) is 0 Å². The Hall–Kier alpha value is -2.54. The van der Waals surface area contributed by atoms with Crippen molar-refractivity contribution in [1.82, 2.24) is 0 Å². The minimum atomic E-state index is -0.826. The summed E-state index contributed by atoms with van der Waals surface area (Å²) in [4.78, 5) is 11.1. The second kappa shape index (κ2) is 23.8. The molecule has 0 saturated carbocycles. The topological polar surface area (TPSA) is 69.2 Å². The molecular formula is C43H60Cl2N2O2Sn. The Morgan fingerprint density at radius 1 is 0.560 bits per heavy atom. The molecule has 4 aromatic carbocycles. The molecule has 2 N–H and O–H groups in total. The van der Waals surface area contributed by atoms with Crippen LogP contribution in [0, 0.1) is 33.8 Å². The van der Waals surface area contributed by atoms with Gasteiger partial charge < -0.3 is 5.73 Å². The SMILES string of the molecule is C.CC(C)Cc1cccc(CC(C)C)c1Cc1ccccc1N.CC(C)Cc1cccc(CC(C)C)c1Cc1ccccc1[N+](=O)[O-].[Cl][Sn][Cl]. The van der Waals surface area contributed by atoms with Crippen LogP contribution in [0.1, 0.15) is 107 Å². The van der Waals surface area contributed by atoms with E-state index in [1.54, 1.807) is 12.1 Å². The molecule has 0 aliphatic heterocycles. The first kappa shape index (κ1) is 45.5. The Kier molecular flexibility index (Phi) is 21.7. The second-order valence-corrected chi connectivity index (χ2v) is 18.8. The predicted molar refractivity (Wildman–Crippen MR) is 221 cm³/mol. The quantitative estimate of drug-likeness (QED) is 0.0632. The molecule has 0 bridgehead atoms. The Morgan fingerprint density at radius 2 is 0.860 bits per heavy atom. The molecule has 0 spiro atoms. The number of halogens is 2. The van der Waals surface area contributed by atoms with Gasteiger partial charge in [-0.15, -0.1) is 0 Å². The Labute approximate surface area is 321 Å². The van der Waals surface area contributed by atoms with Crippen molar-refractivity contribution in [2.45, 2.75) is 101 Å². The number of nitro groups is 1. The van der Waals surface area contributed by atoms with E-state index in [2.05, 4.69) is 104 Å². The molecule has 4 nitrogen and oxygen atoms in total. The van der Waals surface area contributed by atoms with Crippen LogP contribution in [-0.4, -0.2) is 23.8 Å². The summed E-state index contributed by atoms with van der Waals surface area (Å²) in [6, 6.07) is 28.6. The van der Waals surface area contributed by atoms with E-state index in [0.29, 0.717) is 30.1 Å². The molecule has 0 aliphatic rings. The number of rotatable bonds is 13. The molecule has 0 unspecified atom stereocenters. The Bertz CT molecular complexity index is 1530. The molecule has 7 heteroatoms. The van der Waals surface area contributed by atoms with Crippen molar-refractivity contribution in [2.75, 3.05) is 5.73 Å². The molecule has 50 heavy (non-hydrogen) atoms. The van der Waals surface area contributed by atoms with Crippen molar-refractivity contribution < 1.29 is 4.92 Å². The maximum absolute atomic E-state index is 11.3. The summed E-state index contributed by atoms with van der Waals surface area (Å²) in [5, 5.41) is 11.3. The molecule has 0 heterocycles. The normalized spacial score (nSPS) is 10.8. The molecule has 4 rings (SSSR count). The van der Waals surface area contributed by atoms with Crippen molar-refractivity contribution in [2.24, 2.45) is 23.7 Å². The summed E-state index contributed by atoms with van der Waals surface area (Å²) in [7, 11) is 9.87. The average Bonchev–Trinajstić information content (AvgIpc) is 3.01. The fourth-order valence-corrected chi connectivity index (χ4v) is 6.27. The van der Waals surface area contributed by atoms with Crippen molar-refractivity contribution in [3.63, 3.8) is 0 Å². The number of hydrogen-bond acceptors (Lipinski definition) is 3. The van der Waals surface area contributed by atoms with Crippen LogP contribution in [0.3, 0.4) is 0 Å². The fraction of sp³-hybridized carbons (Fsp3) is 0.442. The van der Waals surface area contributed by atoms with Crippen molar-refractivity contribution in [3.05, 3.63) is 140 Å². The van der Waals surface area contributed by atoms with Gasteiger partial charge >= 0.3 is 36.7 Å². The number of anilines is 1. The molecule has 0 amide bonds. The summed E-state index contributed by atoms with van der Waals surface area (Å²) in [5.74, 6) is 2.45. The number of nitrogen functional groups attached to an aromatic ring is 1. The third-order valence-electron chi connectivity index (χ3n) is 8.23. The van der Waals surface area contributed by atoms with Crippen LogP contribution in [-0.2, 0) is 38.5 Å². The van der Waals surface area contributed by atoms with Crippen LogP contribution in [0.2, 0.25) is 0 Å². The predicted octanol–water partition coefficient (Wildman–Crippen LogP) is 12.5. The molecule has 4 aromatic rings. The van der Waals surface area contributed by atoms with E-state index in [4.69, 9.17) is 23.6 Å². The van der Waals surface area contributed by atoms with Gasteiger partial charge in [0.05, 0.1) is 4.92 Å². The number of nitrogens with two attached hydrogens (primary N) is 1. The molecular weight excluding hydrogens is 766 g/mol. The van der Waals surface area contributed by atoms with Crippen LogP contribution in [0.5, 0.6) is 0 Å². The average molecular weight is 827 g/mol. The van der Waals surface area contributed by atoms with Gasteiger partial charge in [-0.1, -0.05) is 136 Å². The van der Waals surface area contributed by atoms with E-state index in [0.717, 1.165) is 43.4 Å². The number of hydrogen-bond donors (Lipinski definition) is 1. The monoisotopic (exact) mass is 826 g/mol. The fourth-order valence-electron chi connectivity index (χ4n) is 6.27.